The molecule has 0 aliphatic rings. The van der Waals surface area contributed by atoms with E-state index in [1.54, 1.807) is 14.0 Å². The van der Waals surface area contributed by atoms with Crippen molar-refractivity contribution in [2.75, 3.05) is 20.1 Å². The topological polar surface area (TPSA) is 53.1 Å². The number of nitrogens with two attached hydrogens (primary N) is 1. The van der Waals surface area contributed by atoms with Gasteiger partial charge >= 0.3 is 6.18 Å². The highest BCUT2D eigenvalue weighted by molar-refractivity contribution is 5.80. The summed E-state index contributed by atoms with van der Waals surface area (Å²) in [5.41, 5.74) is 4.86. The van der Waals surface area contributed by atoms with Gasteiger partial charge in [-0.05, 0) is 13.6 Å². The van der Waals surface area contributed by atoms with Crippen molar-refractivity contribution in [3.05, 3.63) is 0 Å². The maximum atomic E-state index is 12.2. The van der Waals surface area contributed by atoms with Gasteiger partial charge in [-0.1, -0.05) is 6.92 Å². The minimum absolute atomic E-state index is 0.255. The van der Waals surface area contributed by atoms with Crippen LogP contribution in [0.2, 0.25) is 0 Å². The molecule has 0 aliphatic heterocycles. The molecule has 0 aromatic carbocycles. The molecule has 0 bridgehead atoms. The third kappa shape index (κ3) is 4.12. The Morgan fingerprint density at radius 2 is 2.00 bits per heavy atom. The summed E-state index contributed by atoms with van der Waals surface area (Å²) in [6.07, 6.45) is -4.42. The molecule has 78 valence electrons. The molecule has 0 fully saturated rings. The number of alkyl halides is 3. The van der Waals surface area contributed by atoms with Crippen LogP contribution in [0, 0.1) is 11.3 Å². The first kappa shape index (κ1) is 12.2. The first-order valence-electron chi connectivity index (χ1n) is 3.88. The average molecular weight is 197 g/mol. The zero-order valence-corrected chi connectivity index (χ0v) is 7.65. The van der Waals surface area contributed by atoms with Gasteiger partial charge in [0, 0.05) is 6.54 Å². The maximum absolute atomic E-state index is 12.2. The molecule has 13 heavy (non-hydrogen) atoms. The fourth-order valence-electron chi connectivity index (χ4n) is 0.819. The summed E-state index contributed by atoms with van der Waals surface area (Å²) in [6, 6.07) is 0. The fourth-order valence-corrected chi connectivity index (χ4v) is 0.819. The van der Waals surface area contributed by atoms with E-state index in [0.29, 0.717) is 6.54 Å². The molecule has 0 aromatic heterocycles. The van der Waals surface area contributed by atoms with Gasteiger partial charge in [-0.2, -0.15) is 13.2 Å². The van der Waals surface area contributed by atoms with Crippen molar-refractivity contribution in [2.45, 2.75) is 13.1 Å². The SMILES string of the molecule is CCN(C)CC(C(=N)N)C(F)(F)F. The van der Waals surface area contributed by atoms with Gasteiger partial charge in [0.1, 0.15) is 11.8 Å². The molecule has 0 radical (unpaired) electrons. The Kier molecular flexibility index (Phi) is 4.19. The lowest BCUT2D eigenvalue weighted by Gasteiger charge is -2.23. The highest BCUT2D eigenvalue weighted by Gasteiger charge is 2.42. The van der Waals surface area contributed by atoms with Crippen LogP contribution in [-0.2, 0) is 0 Å². The predicted octanol–water partition coefficient (Wildman–Crippen LogP) is 1.05. The third-order valence-corrected chi connectivity index (χ3v) is 1.80. The molecule has 0 saturated heterocycles. The first-order chi connectivity index (χ1) is 5.79. The van der Waals surface area contributed by atoms with Crippen molar-refractivity contribution < 1.29 is 13.2 Å². The van der Waals surface area contributed by atoms with E-state index in [1.807, 2.05) is 0 Å². The maximum Gasteiger partial charge on any atom is 0.399 e. The first-order valence-corrected chi connectivity index (χ1v) is 3.88. The Bertz CT molecular complexity index is 178. The van der Waals surface area contributed by atoms with Crippen molar-refractivity contribution in [3.63, 3.8) is 0 Å². The zero-order valence-electron chi connectivity index (χ0n) is 7.65. The molecule has 0 aliphatic carbocycles. The molecule has 0 rings (SSSR count). The van der Waals surface area contributed by atoms with Crippen molar-refractivity contribution in [2.24, 2.45) is 11.7 Å². The van der Waals surface area contributed by atoms with E-state index < -0.39 is 17.9 Å². The molecule has 0 heterocycles. The van der Waals surface area contributed by atoms with Crippen molar-refractivity contribution in [1.82, 2.24) is 4.90 Å². The van der Waals surface area contributed by atoms with E-state index in [9.17, 15) is 13.2 Å². The lowest BCUT2D eigenvalue weighted by Crippen LogP contribution is -2.42. The number of rotatable bonds is 4. The van der Waals surface area contributed by atoms with Gasteiger partial charge in [-0.3, -0.25) is 5.41 Å². The summed E-state index contributed by atoms with van der Waals surface area (Å²) >= 11 is 0. The monoisotopic (exact) mass is 197 g/mol. The van der Waals surface area contributed by atoms with E-state index in [1.165, 1.54) is 4.90 Å². The molecule has 0 saturated carbocycles. The number of halogens is 3. The Morgan fingerprint density at radius 1 is 1.54 bits per heavy atom. The number of nitrogens with one attached hydrogen (secondary N) is 1. The van der Waals surface area contributed by atoms with Crippen LogP contribution >= 0.6 is 0 Å². The van der Waals surface area contributed by atoms with Crippen LogP contribution in [0.4, 0.5) is 13.2 Å². The van der Waals surface area contributed by atoms with Crippen LogP contribution in [0.25, 0.3) is 0 Å². The minimum atomic E-state index is -4.42. The van der Waals surface area contributed by atoms with Crippen LogP contribution in [0.5, 0.6) is 0 Å². The second-order valence-corrected chi connectivity index (χ2v) is 2.90. The zero-order chi connectivity index (χ0) is 10.6. The van der Waals surface area contributed by atoms with Crippen molar-refractivity contribution >= 4 is 5.84 Å². The Morgan fingerprint density at radius 3 is 2.23 bits per heavy atom. The van der Waals surface area contributed by atoms with Gasteiger partial charge in [-0.25, -0.2) is 0 Å². The molecule has 3 nitrogen and oxygen atoms in total. The second-order valence-electron chi connectivity index (χ2n) is 2.90. The highest BCUT2D eigenvalue weighted by Crippen LogP contribution is 2.26. The molecule has 1 atom stereocenters. The molecule has 0 aromatic rings. The summed E-state index contributed by atoms with van der Waals surface area (Å²) in [7, 11) is 1.56. The van der Waals surface area contributed by atoms with Crippen LogP contribution in [-0.4, -0.2) is 37.0 Å². The summed E-state index contributed by atoms with van der Waals surface area (Å²) in [4.78, 5) is 1.47. The fraction of sp³-hybridized carbons (Fsp3) is 0.857. The number of hydrogen-bond donors (Lipinski definition) is 2. The molecule has 1 unspecified atom stereocenters. The highest BCUT2D eigenvalue weighted by atomic mass is 19.4. The van der Waals surface area contributed by atoms with E-state index in [-0.39, 0.29) is 6.54 Å². The van der Waals surface area contributed by atoms with E-state index in [2.05, 4.69) is 0 Å². The second kappa shape index (κ2) is 4.45. The van der Waals surface area contributed by atoms with E-state index >= 15 is 0 Å². The van der Waals surface area contributed by atoms with Crippen LogP contribution in [0.3, 0.4) is 0 Å². The van der Waals surface area contributed by atoms with Gasteiger partial charge in [-0.15, -0.1) is 0 Å². The van der Waals surface area contributed by atoms with Crippen LogP contribution < -0.4 is 5.73 Å². The predicted molar refractivity (Wildman–Crippen MR) is 44.6 cm³/mol. The smallest absolute Gasteiger partial charge is 0.387 e. The van der Waals surface area contributed by atoms with Gasteiger partial charge in [0.15, 0.2) is 0 Å². The molecule has 6 heteroatoms. The number of nitrogens with zero attached hydrogens (tertiary/aromatic N) is 1. The largest absolute Gasteiger partial charge is 0.399 e. The van der Waals surface area contributed by atoms with Gasteiger partial charge in [0.05, 0.1) is 0 Å². The third-order valence-electron chi connectivity index (χ3n) is 1.80. The average Bonchev–Trinajstić information content (AvgIpc) is 1.96. The van der Waals surface area contributed by atoms with Gasteiger partial charge in [0.25, 0.3) is 0 Å². The van der Waals surface area contributed by atoms with Gasteiger partial charge in [0.2, 0.25) is 0 Å². The molecule has 3 N–H and O–H groups in total. The van der Waals surface area contributed by atoms with Crippen molar-refractivity contribution in [3.8, 4) is 0 Å². The lowest BCUT2D eigenvalue weighted by atomic mass is 10.1. The molecule has 0 spiro atoms. The van der Waals surface area contributed by atoms with Crippen LogP contribution in [0.1, 0.15) is 6.92 Å². The Balaban J connectivity index is 4.37. The normalized spacial score (nSPS) is 14.6. The number of amidine groups is 1. The molecular formula is C7H14F3N3. The number of hydrogen-bond acceptors (Lipinski definition) is 2. The van der Waals surface area contributed by atoms with Gasteiger partial charge < -0.3 is 10.6 Å². The standard InChI is InChI=1S/C7H14F3N3/c1-3-13(2)4-5(6(11)12)7(8,9)10/h5H,3-4H2,1-2H3,(H3,11,12). The van der Waals surface area contributed by atoms with E-state index in [4.69, 9.17) is 11.1 Å². The summed E-state index contributed by atoms with van der Waals surface area (Å²) in [5, 5.41) is 6.81. The minimum Gasteiger partial charge on any atom is -0.387 e. The summed E-state index contributed by atoms with van der Waals surface area (Å²) in [5.74, 6) is -2.68. The lowest BCUT2D eigenvalue weighted by molar-refractivity contribution is -0.159. The Labute approximate surface area is 75.2 Å². The summed E-state index contributed by atoms with van der Waals surface area (Å²) in [6.45, 7) is 1.99. The Hall–Kier alpha value is -0.780. The summed E-state index contributed by atoms with van der Waals surface area (Å²) < 4.78 is 36.7. The quantitative estimate of drug-likeness (QED) is 0.523. The molecule has 0 amide bonds. The van der Waals surface area contributed by atoms with Crippen LogP contribution in [0.15, 0.2) is 0 Å². The van der Waals surface area contributed by atoms with E-state index in [0.717, 1.165) is 0 Å². The molecular weight excluding hydrogens is 183 g/mol. The van der Waals surface area contributed by atoms with Crippen molar-refractivity contribution in [1.29, 1.82) is 5.41 Å².